The molecule has 0 N–H and O–H groups in total. The van der Waals surface area contributed by atoms with E-state index in [1.165, 1.54) is 31.2 Å². The summed E-state index contributed by atoms with van der Waals surface area (Å²) in [5.41, 5.74) is 1.19. The lowest BCUT2D eigenvalue weighted by Gasteiger charge is -2.14. The van der Waals surface area contributed by atoms with Crippen LogP contribution < -0.4 is 0 Å². The predicted octanol–water partition coefficient (Wildman–Crippen LogP) is 5.03. The summed E-state index contributed by atoms with van der Waals surface area (Å²) in [6, 6.07) is 10.3. The Morgan fingerprint density at radius 2 is 1.88 bits per heavy atom. The van der Waals surface area contributed by atoms with E-state index < -0.39 is 0 Å². The summed E-state index contributed by atoms with van der Waals surface area (Å²) in [6.45, 7) is 4.42. The van der Waals surface area contributed by atoms with Crippen LogP contribution in [0, 0.1) is 0 Å². The zero-order valence-corrected chi connectivity index (χ0v) is 11.1. The Morgan fingerprint density at radius 1 is 1.12 bits per heavy atom. The molecule has 0 bridgehead atoms. The molecular weight excluding hydrogens is 208 g/mol. The van der Waals surface area contributed by atoms with Crippen LogP contribution in [0.25, 0.3) is 6.08 Å². The molecule has 0 aliphatic rings. The van der Waals surface area contributed by atoms with Crippen LogP contribution in [0.5, 0.6) is 0 Å². The molecule has 17 heavy (non-hydrogen) atoms. The van der Waals surface area contributed by atoms with E-state index in [9.17, 15) is 0 Å². The van der Waals surface area contributed by atoms with Gasteiger partial charge < -0.3 is 4.74 Å². The zero-order chi connectivity index (χ0) is 12.3. The highest BCUT2D eigenvalue weighted by Gasteiger charge is 2.03. The van der Waals surface area contributed by atoms with Crippen molar-refractivity contribution in [1.29, 1.82) is 0 Å². The largest absolute Gasteiger partial charge is 0.498 e. The van der Waals surface area contributed by atoms with Gasteiger partial charge in [0.2, 0.25) is 0 Å². The number of unbranched alkanes of at least 4 members (excludes halogenated alkanes) is 2. The fourth-order valence-electron chi connectivity index (χ4n) is 1.78. The van der Waals surface area contributed by atoms with Crippen molar-refractivity contribution in [2.75, 3.05) is 0 Å². The molecule has 1 atom stereocenters. The molecular formula is C16H24O. The van der Waals surface area contributed by atoms with E-state index >= 15 is 0 Å². The normalized spacial score (nSPS) is 12.8. The Balaban J connectivity index is 2.29. The van der Waals surface area contributed by atoms with Crippen LogP contribution in [0.3, 0.4) is 0 Å². The number of rotatable bonds is 8. The van der Waals surface area contributed by atoms with E-state index in [1.54, 1.807) is 0 Å². The molecule has 0 radical (unpaired) electrons. The van der Waals surface area contributed by atoms with Crippen molar-refractivity contribution in [2.45, 2.75) is 52.1 Å². The molecule has 0 fully saturated rings. The fraction of sp³-hybridized carbons (Fsp3) is 0.500. The third kappa shape index (κ3) is 6.15. The van der Waals surface area contributed by atoms with Crippen LogP contribution in [0.2, 0.25) is 0 Å². The maximum absolute atomic E-state index is 5.76. The van der Waals surface area contributed by atoms with E-state index in [4.69, 9.17) is 4.74 Å². The topological polar surface area (TPSA) is 9.23 Å². The predicted molar refractivity (Wildman–Crippen MR) is 74.8 cm³/mol. The van der Waals surface area contributed by atoms with Crippen molar-refractivity contribution >= 4 is 6.08 Å². The number of ether oxygens (including phenoxy) is 1. The van der Waals surface area contributed by atoms with E-state index in [-0.39, 0.29) is 0 Å². The number of benzene rings is 1. The van der Waals surface area contributed by atoms with E-state index in [2.05, 4.69) is 26.0 Å². The highest BCUT2D eigenvalue weighted by atomic mass is 16.5. The molecule has 0 saturated carbocycles. The third-order valence-corrected chi connectivity index (χ3v) is 2.92. The van der Waals surface area contributed by atoms with Crippen LogP contribution >= 0.6 is 0 Å². The molecule has 1 nitrogen and oxygen atoms in total. The van der Waals surface area contributed by atoms with Crippen molar-refractivity contribution in [3.8, 4) is 0 Å². The van der Waals surface area contributed by atoms with Crippen molar-refractivity contribution in [3.63, 3.8) is 0 Å². The third-order valence-electron chi connectivity index (χ3n) is 2.92. The number of hydrogen-bond acceptors (Lipinski definition) is 1. The van der Waals surface area contributed by atoms with Gasteiger partial charge in [-0.25, -0.2) is 0 Å². The van der Waals surface area contributed by atoms with Gasteiger partial charge in [0.1, 0.15) is 0 Å². The van der Waals surface area contributed by atoms with Gasteiger partial charge in [-0.2, -0.15) is 0 Å². The maximum Gasteiger partial charge on any atom is 0.0975 e. The summed E-state index contributed by atoms with van der Waals surface area (Å²) in [5, 5.41) is 0. The smallest absolute Gasteiger partial charge is 0.0975 e. The second-order valence-electron chi connectivity index (χ2n) is 4.38. The van der Waals surface area contributed by atoms with Gasteiger partial charge in [0.25, 0.3) is 0 Å². The summed E-state index contributed by atoms with van der Waals surface area (Å²) in [5.74, 6) is 0. The van der Waals surface area contributed by atoms with Gasteiger partial charge in [0, 0.05) is 0 Å². The summed E-state index contributed by atoms with van der Waals surface area (Å²) in [4.78, 5) is 0. The number of hydrogen-bond donors (Lipinski definition) is 0. The fourth-order valence-corrected chi connectivity index (χ4v) is 1.78. The SMILES string of the molecule is CCCCCC(CC)OC=Cc1ccccc1. The van der Waals surface area contributed by atoms with E-state index in [0.29, 0.717) is 6.10 Å². The molecule has 0 heterocycles. The van der Waals surface area contributed by atoms with Gasteiger partial charge in [0.05, 0.1) is 12.4 Å². The summed E-state index contributed by atoms with van der Waals surface area (Å²) >= 11 is 0. The average Bonchev–Trinajstić information content (AvgIpc) is 2.38. The molecule has 0 amide bonds. The molecule has 0 spiro atoms. The molecule has 0 aliphatic heterocycles. The average molecular weight is 232 g/mol. The Kier molecular flexibility index (Phi) is 7.20. The van der Waals surface area contributed by atoms with Crippen LogP contribution in [0.15, 0.2) is 36.6 Å². The van der Waals surface area contributed by atoms with Gasteiger partial charge in [-0.05, 0) is 30.9 Å². The van der Waals surface area contributed by atoms with Gasteiger partial charge >= 0.3 is 0 Å². The van der Waals surface area contributed by atoms with Crippen LogP contribution in [0.4, 0.5) is 0 Å². The first-order chi connectivity index (χ1) is 8.36. The Bertz CT molecular complexity index is 303. The minimum Gasteiger partial charge on any atom is -0.498 e. The summed E-state index contributed by atoms with van der Waals surface area (Å²) < 4.78 is 5.76. The molecule has 0 saturated heterocycles. The molecule has 0 aromatic heterocycles. The maximum atomic E-state index is 5.76. The molecule has 94 valence electrons. The highest BCUT2D eigenvalue weighted by molar-refractivity contribution is 5.47. The monoisotopic (exact) mass is 232 g/mol. The first-order valence-electron chi connectivity index (χ1n) is 6.73. The Labute approximate surface area is 106 Å². The summed E-state index contributed by atoms with van der Waals surface area (Å²) in [6.07, 6.45) is 10.4. The van der Waals surface area contributed by atoms with Crippen LogP contribution in [-0.2, 0) is 4.74 Å². The van der Waals surface area contributed by atoms with Crippen LogP contribution in [-0.4, -0.2) is 6.10 Å². The lowest BCUT2D eigenvalue weighted by Crippen LogP contribution is -2.07. The lowest BCUT2D eigenvalue weighted by atomic mass is 10.1. The van der Waals surface area contributed by atoms with Crippen molar-refractivity contribution in [3.05, 3.63) is 42.2 Å². The molecule has 1 aromatic rings. The van der Waals surface area contributed by atoms with Gasteiger partial charge in [-0.15, -0.1) is 0 Å². The van der Waals surface area contributed by atoms with Crippen molar-refractivity contribution in [2.24, 2.45) is 0 Å². The van der Waals surface area contributed by atoms with Crippen molar-refractivity contribution in [1.82, 2.24) is 0 Å². The first-order valence-corrected chi connectivity index (χ1v) is 6.73. The van der Waals surface area contributed by atoms with Gasteiger partial charge in [0.15, 0.2) is 0 Å². The molecule has 0 aliphatic carbocycles. The molecule has 1 heteroatoms. The van der Waals surface area contributed by atoms with E-state index in [1.807, 2.05) is 30.5 Å². The minimum absolute atomic E-state index is 0.376. The molecule has 1 aromatic carbocycles. The van der Waals surface area contributed by atoms with Gasteiger partial charge in [-0.1, -0.05) is 57.0 Å². The zero-order valence-electron chi connectivity index (χ0n) is 11.1. The highest BCUT2D eigenvalue weighted by Crippen LogP contribution is 2.11. The standard InChI is InChI=1S/C16H24O/c1-3-5-7-12-16(4-2)17-14-13-15-10-8-6-9-11-15/h6,8-11,13-14,16H,3-5,7,12H2,1-2H3. The van der Waals surface area contributed by atoms with Gasteiger partial charge in [-0.3, -0.25) is 0 Å². The van der Waals surface area contributed by atoms with Crippen molar-refractivity contribution < 1.29 is 4.74 Å². The molecule has 1 unspecified atom stereocenters. The lowest BCUT2D eigenvalue weighted by molar-refractivity contribution is 0.130. The van der Waals surface area contributed by atoms with E-state index in [0.717, 1.165) is 6.42 Å². The minimum atomic E-state index is 0.376. The molecule has 1 rings (SSSR count). The summed E-state index contributed by atoms with van der Waals surface area (Å²) in [7, 11) is 0. The Morgan fingerprint density at radius 3 is 2.53 bits per heavy atom. The second-order valence-corrected chi connectivity index (χ2v) is 4.38. The quantitative estimate of drug-likeness (QED) is 0.451. The van der Waals surface area contributed by atoms with Crippen LogP contribution in [0.1, 0.15) is 51.5 Å². The first kappa shape index (κ1) is 13.8. The Hall–Kier alpha value is -1.24. The second kappa shape index (κ2) is 8.86.